The van der Waals surface area contributed by atoms with E-state index in [1.165, 1.54) is 23.5 Å². The number of benzene rings is 5. The topological polar surface area (TPSA) is 38.7 Å². The van der Waals surface area contributed by atoms with Crippen molar-refractivity contribution >= 4 is 31.5 Å². The van der Waals surface area contributed by atoms with E-state index in [9.17, 15) is 11.0 Å². The molecule has 0 N–H and O–H groups in total. The van der Waals surface area contributed by atoms with Crippen molar-refractivity contribution in [1.29, 1.82) is 0 Å². The molecule has 242 valence electrons. The Bertz CT molecular complexity index is 3200. The van der Waals surface area contributed by atoms with Crippen molar-refractivity contribution in [3.63, 3.8) is 0 Å². The number of aromatic nitrogens is 3. The van der Waals surface area contributed by atoms with Crippen molar-refractivity contribution in [2.24, 2.45) is 0 Å². The fourth-order valence-corrected chi connectivity index (χ4v) is 7.71. The molecule has 5 aromatic carbocycles. The molecule has 4 unspecified atom stereocenters. The molecule has 7 aromatic rings. The van der Waals surface area contributed by atoms with Gasteiger partial charge in [0.25, 0.3) is 0 Å². The van der Waals surface area contributed by atoms with E-state index >= 15 is 0 Å². The van der Waals surface area contributed by atoms with Crippen molar-refractivity contribution < 1.29 is 27.4 Å². The summed E-state index contributed by atoms with van der Waals surface area (Å²) in [5.41, 5.74) is 0.163. The summed E-state index contributed by atoms with van der Waals surface area (Å²) in [6, 6.07) is 34.6. The second kappa shape index (κ2) is 13.3. The van der Waals surface area contributed by atoms with Gasteiger partial charge in [0.2, 0.25) is 0 Å². The molecule has 2 fully saturated rings. The van der Waals surface area contributed by atoms with Crippen molar-refractivity contribution in [2.45, 2.75) is 75.6 Å². The third kappa shape index (κ3) is 5.56. The van der Waals surface area contributed by atoms with Crippen LogP contribution in [-0.2, 0) is 0 Å². The van der Waals surface area contributed by atoms with Gasteiger partial charge in [0.05, 0.1) is 5.69 Å². The number of hydrogen-bond donors (Lipinski definition) is 0. The maximum Gasteiger partial charge on any atom is 0.101 e. The molecular weight excluding hydrogens is 615 g/mol. The Labute approximate surface area is 321 Å². The highest BCUT2D eigenvalue weighted by atomic mass is 32.1. The average molecular weight is 676 g/mol. The highest BCUT2D eigenvalue weighted by molar-refractivity contribution is 7.26. The number of rotatable bonds is 6. The van der Waals surface area contributed by atoms with Crippen molar-refractivity contribution in [2.75, 3.05) is 0 Å². The molecule has 2 heterocycles. The van der Waals surface area contributed by atoms with Crippen LogP contribution in [0.15, 0.2) is 115 Å². The van der Waals surface area contributed by atoms with Gasteiger partial charge in [-0.25, -0.2) is 0 Å². The lowest BCUT2D eigenvalue weighted by Gasteiger charge is -2.30. The van der Waals surface area contributed by atoms with Gasteiger partial charge in [-0.15, -0.1) is 21.5 Å². The summed E-state index contributed by atoms with van der Waals surface area (Å²) in [6.07, 6.45) is -37.5. The van der Waals surface area contributed by atoms with Gasteiger partial charge in [-0.1, -0.05) is 141 Å². The van der Waals surface area contributed by atoms with E-state index in [2.05, 4.69) is 15.4 Å². The van der Waals surface area contributed by atoms with Crippen LogP contribution in [-0.4, -0.2) is 15.4 Å². The predicted molar refractivity (Wildman–Crippen MR) is 206 cm³/mol. The molecule has 3 nitrogen and oxygen atoms in total. The van der Waals surface area contributed by atoms with Crippen molar-refractivity contribution in [3.8, 4) is 44.6 Å². The Morgan fingerprint density at radius 1 is 0.551 bits per heavy atom. The first-order valence-corrected chi connectivity index (χ1v) is 16.5. The van der Waals surface area contributed by atoms with Gasteiger partial charge in [-0.2, -0.15) is 0 Å². The Morgan fingerprint density at radius 2 is 1.22 bits per heavy atom. The zero-order chi connectivity index (χ0) is 50.5. The summed E-state index contributed by atoms with van der Waals surface area (Å²) >= 11 is 1.47. The third-order valence-electron chi connectivity index (χ3n) is 8.68. The van der Waals surface area contributed by atoms with Crippen LogP contribution in [0.4, 0.5) is 0 Å². The second-order valence-electron chi connectivity index (χ2n) is 11.4. The summed E-state index contributed by atoms with van der Waals surface area (Å²) in [4.78, 5) is 0. The summed E-state index contributed by atoms with van der Waals surface area (Å²) < 4.78 is 183. The lowest BCUT2D eigenvalue weighted by atomic mass is 9.76. The van der Waals surface area contributed by atoms with Crippen LogP contribution in [0.1, 0.15) is 114 Å². The first kappa shape index (κ1) is 15.9. The van der Waals surface area contributed by atoms with Crippen LogP contribution in [0.2, 0.25) is 0 Å². The SMILES string of the molecule is [2H]C1C([2H])([2H])C([2H])([2H])C([2H])([2H])C([2H])([2H])C1([2H])c1nnnc(-c2ccccc2-c2c(-c3ccccc3-c3ccccc3)ccc3sc4ccccc4c23)c1C1([2H])C([2H])C([2H])([2H])C([2H])([2H])C([2H])([2H])C1([2H])[2H]. The van der Waals surface area contributed by atoms with Gasteiger partial charge in [0.1, 0.15) is 5.69 Å². The minimum absolute atomic E-state index is 0.128. The van der Waals surface area contributed by atoms with Gasteiger partial charge in [-0.05, 0) is 82.2 Å². The molecular formula is C45H41N3S. The van der Waals surface area contributed by atoms with Crippen LogP contribution in [0.5, 0.6) is 0 Å². The van der Waals surface area contributed by atoms with E-state index in [-0.39, 0.29) is 11.1 Å². The van der Waals surface area contributed by atoms with E-state index in [0.717, 1.165) is 31.5 Å². The van der Waals surface area contributed by atoms with Gasteiger partial charge in [-0.3, -0.25) is 0 Å². The first-order valence-electron chi connectivity index (χ1n) is 25.9. The molecule has 9 rings (SSSR count). The number of nitrogens with zero attached hydrogens (tertiary/aromatic N) is 3. The van der Waals surface area contributed by atoms with Gasteiger partial charge >= 0.3 is 0 Å². The minimum atomic E-state index is -4.07. The molecule has 49 heavy (non-hydrogen) atoms. The zero-order valence-corrected chi connectivity index (χ0v) is 26.7. The van der Waals surface area contributed by atoms with Crippen LogP contribution in [0.3, 0.4) is 0 Å². The maximum atomic E-state index is 10.2. The lowest BCUT2D eigenvalue weighted by Crippen LogP contribution is -2.17. The lowest BCUT2D eigenvalue weighted by molar-refractivity contribution is 0.408. The number of hydrogen-bond acceptors (Lipinski definition) is 4. The zero-order valence-electron chi connectivity index (χ0n) is 45.9. The average Bonchev–Trinajstić information content (AvgIpc) is 3.70. The second-order valence-corrected chi connectivity index (χ2v) is 12.5. The molecule has 0 radical (unpaired) electrons. The molecule has 4 heteroatoms. The van der Waals surface area contributed by atoms with Crippen LogP contribution < -0.4 is 0 Å². The van der Waals surface area contributed by atoms with E-state index < -0.39 is 92.5 Å². The molecule has 2 saturated carbocycles. The first-order chi connectivity index (χ1) is 31.9. The van der Waals surface area contributed by atoms with Crippen molar-refractivity contribution in [1.82, 2.24) is 15.4 Å². The third-order valence-corrected chi connectivity index (χ3v) is 9.82. The van der Waals surface area contributed by atoms with E-state index in [4.69, 9.17) is 16.4 Å². The fourth-order valence-electron chi connectivity index (χ4n) is 6.59. The number of thiophene rings is 1. The standard InChI is InChI=1S/C45H41N3S/c1-4-16-30(17-5-1)33-22-10-11-23-34(33)36-28-29-40-43(38-26-14-15-27-39(38)49-40)42(36)35-24-12-13-25-37(35)45-41(31-18-6-2-7-19-31)44(46-48-47-45)32-20-8-3-9-21-32/h1,4-5,10-17,22-29,31-32H,2-3,6-9,18-21H2/i2D2,3D2,6D2,7D2,8D2,9D2,18D,19D2,20D,21D2,31D,32D. The molecule has 0 aliphatic heterocycles. The summed E-state index contributed by atoms with van der Waals surface area (Å²) in [6.45, 7) is 0. The molecule has 0 amide bonds. The summed E-state index contributed by atoms with van der Waals surface area (Å²) in [5.74, 6) is -7.75. The Balaban J connectivity index is 1.47. The predicted octanol–water partition coefficient (Wildman–Crippen LogP) is 13.0. The monoisotopic (exact) mass is 675 g/mol. The minimum Gasteiger partial charge on any atom is -0.135 e. The van der Waals surface area contributed by atoms with E-state index in [1.54, 1.807) is 12.1 Å². The molecule has 2 aromatic heterocycles. The maximum absolute atomic E-state index is 10.2. The summed E-state index contributed by atoms with van der Waals surface area (Å²) in [7, 11) is 0. The normalized spacial score (nSPS) is 38.4. The van der Waals surface area contributed by atoms with Crippen LogP contribution >= 0.6 is 11.3 Å². The van der Waals surface area contributed by atoms with E-state index in [0.29, 0.717) is 16.5 Å². The Morgan fingerprint density at radius 3 is 2.06 bits per heavy atom. The van der Waals surface area contributed by atoms with Crippen LogP contribution in [0, 0.1) is 0 Å². The quantitative estimate of drug-likeness (QED) is 0.176. The van der Waals surface area contributed by atoms with Gasteiger partial charge in [0, 0.05) is 64.6 Å². The van der Waals surface area contributed by atoms with Crippen molar-refractivity contribution in [3.05, 3.63) is 127 Å². The fraction of sp³-hybridized carbons (Fsp3) is 0.267. The Hall–Kier alpha value is -4.67. The highest BCUT2D eigenvalue weighted by Gasteiger charge is 2.31. The molecule has 2 aliphatic carbocycles. The molecule has 0 bridgehead atoms. The van der Waals surface area contributed by atoms with Gasteiger partial charge < -0.3 is 0 Å². The smallest absolute Gasteiger partial charge is 0.101 e. The Kier molecular flexibility index (Phi) is 4.33. The number of fused-ring (bicyclic) bond motifs is 3. The van der Waals surface area contributed by atoms with Gasteiger partial charge in [0.15, 0.2) is 0 Å². The largest absolute Gasteiger partial charge is 0.135 e. The molecule has 0 saturated heterocycles. The summed E-state index contributed by atoms with van der Waals surface area (Å²) in [5, 5.41) is 13.4. The molecule has 4 atom stereocenters. The van der Waals surface area contributed by atoms with Crippen LogP contribution in [0.25, 0.3) is 64.8 Å². The molecule has 2 aliphatic rings. The van der Waals surface area contributed by atoms with E-state index in [1.807, 2.05) is 91.0 Å². The highest BCUT2D eigenvalue weighted by Crippen LogP contribution is 2.50. The molecule has 0 spiro atoms.